The zero-order valence-electron chi connectivity index (χ0n) is 11.4. The molecule has 0 aliphatic heterocycles. The summed E-state index contributed by atoms with van der Waals surface area (Å²) in [6.07, 6.45) is 3.03. The van der Waals surface area contributed by atoms with Gasteiger partial charge in [0.05, 0.1) is 12.7 Å². The lowest BCUT2D eigenvalue weighted by molar-refractivity contribution is -0.0196. The highest BCUT2D eigenvalue weighted by Crippen LogP contribution is 2.06. The maximum absolute atomic E-state index is 11.3. The molecule has 0 radical (unpaired) electrons. The van der Waals surface area contributed by atoms with E-state index < -0.39 is 18.4 Å². The van der Waals surface area contributed by atoms with Gasteiger partial charge < -0.3 is 19.7 Å². The molecule has 0 saturated heterocycles. The Morgan fingerprint density at radius 1 is 1.17 bits per heavy atom. The normalized spacial score (nSPS) is 14.0. The molecule has 2 N–H and O–H groups in total. The third-order valence-electron chi connectivity index (χ3n) is 2.63. The highest BCUT2D eigenvalue weighted by Gasteiger charge is 2.15. The van der Waals surface area contributed by atoms with Gasteiger partial charge in [0.15, 0.2) is 0 Å². The van der Waals surface area contributed by atoms with Crippen molar-refractivity contribution < 1.29 is 24.5 Å². The van der Waals surface area contributed by atoms with Crippen LogP contribution in [0, 0.1) is 0 Å². The first kappa shape index (κ1) is 17.2. The highest BCUT2D eigenvalue weighted by molar-refractivity contribution is 5.60. The summed E-state index contributed by atoms with van der Waals surface area (Å²) in [6, 6.07) is 0. The quantitative estimate of drug-likeness (QED) is 0.590. The molecule has 0 aliphatic rings. The summed E-state index contributed by atoms with van der Waals surface area (Å²) in [6.45, 7) is 3.80. The van der Waals surface area contributed by atoms with Gasteiger partial charge in [0.1, 0.15) is 12.7 Å². The zero-order chi connectivity index (χ0) is 13.8. The monoisotopic (exact) mass is 262 g/mol. The van der Waals surface area contributed by atoms with Gasteiger partial charge in [-0.2, -0.15) is 0 Å². The molecular formula is C13H26O5. The number of hydrogen-bond acceptors (Lipinski definition) is 5. The van der Waals surface area contributed by atoms with Gasteiger partial charge in [-0.25, -0.2) is 4.79 Å². The maximum atomic E-state index is 11.3. The van der Waals surface area contributed by atoms with Crippen molar-refractivity contribution >= 4 is 6.16 Å². The first-order valence-electron chi connectivity index (χ1n) is 6.76. The molecule has 2 atom stereocenters. The number of hydrogen-bond donors (Lipinski definition) is 2. The molecule has 5 nitrogen and oxygen atoms in total. The van der Waals surface area contributed by atoms with Crippen molar-refractivity contribution in [2.24, 2.45) is 0 Å². The van der Waals surface area contributed by atoms with Crippen molar-refractivity contribution in [3.63, 3.8) is 0 Å². The van der Waals surface area contributed by atoms with Crippen LogP contribution < -0.4 is 0 Å². The summed E-state index contributed by atoms with van der Waals surface area (Å²) < 4.78 is 9.73. The maximum Gasteiger partial charge on any atom is 0.508 e. The van der Waals surface area contributed by atoms with Crippen molar-refractivity contribution in [2.45, 2.75) is 64.6 Å². The second-order valence-corrected chi connectivity index (χ2v) is 4.42. The van der Waals surface area contributed by atoms with Gasteiger partial charge in [-0.1, -0.05) is 33.1 Å². The van der Waals surface area contributed by atoms with Gasteiger partial charge in [-0.3, -0.25) is 0 Å². The molecule has 0 fully saturated rings. The Morgan fingerprint density at radius 3 is 2.33 bits per heavy atom. The van der Waals surface area contributed by atoms with E-state index in [1.807, 2.05) is 13.8 Å². The lowest BCUT2D eigenvalue weighted by Crippen LogP contribution is -2.25. The Bertz CT molecular complexity index is 208. The molecule has 0 saturated carbocycles. The molecule has 0 bridgehead atoms. The third-order valence-corrected chi connectivity index (χ3v) is 2.63. The van der Waals surface area contributed by atoms with Gasteiger partial charge in [0.2, 0.25) is 0 Å². The first-order valence-corrected chi connectivity index (χ1v) is 6.76. The van der Waals surface area contributed by atoms with Crippen molar-refractivity contribution in [2.75, 3.05) is 13.2 Å². The Labute approximate surface area is 109 Å². The van der Waals surface area contributed by atoms with Crippen LogP contribution in [0.3, 0.4) is 0 Å². The highest BCUT2D eigenvalue weighted by atomic mass is 16.7. The SMILES string of the molecule is CCCC[C@H](O)COC(=O)O[C@H](CO)CCCC. The van der Waals surface area contributed by atoms with Crippen LogP contribution in [0.2, 0.25) is 0 Å². The van der Waals surface area contributed by atoms with Crippen LogP contribution in [0.15, 0.2) is 0 Å². The van der Waals surface area contributed by atoms with Crippen LogP contribution in [0.25, 0.3) is 0 Å². The Hall–Kier alpha value is -0.810. The van der Waals surface area contributed by atoms with Gasteiger partial charge in [0, 0.05) is 0 Å². The van der Waals surface area contributed by atoms with Crippen molar-refractivity contribution in [3.8, 4) is 0 Å². The van der Waals surface area contributed by atoms with Crippen LogP contribution in [-0.4, -0.2) is 41.8 Å². The fourth-order valence-corrected chi connectivity index (χ4v) is 1.48. The first-order chi connectivity index (χ1) is 8.63. The van der Waals surface area contributed by atoms with Crippen LogP contribution in [0.1, 0.15) is 52.4 Å². The molecule has 0 spiro atoms. The minimum absolute atomic E-state index is 0.0508. The van der Waals surface area contributed by atoms with E-state index in [2.05, 4.69) is 0 Å². The fourth-order valence-electron chi connectivity index (χ4n) is 1.48. The molecular weight excluding hydrogens is 236 g/mol. The number of aliphatic hydroxyl groups is 2. The van der Waals surface area contributed by atoms with Crippen molar-refractivity contribution in [1.29, 1.82) is 0 Å². The minimum atomic E-state index is -0.819. The predicted octanol–water partition coefficient (Wildman–Crippen LogP) is 2.24. The lowest BCUT2D eigenvalue weighted by atomic mass is 10.2. The van der Waals surface area contributed by atoms with E-state index in [0.717, 1.165) is 25.7 Å². The standard InChI is InChI=1S/C13H26O5/c1-3-5-7-11(15)10-17-13(16)18-12(9-14)8-6-4-2/h11-12,14-15H,3-10H2,1-2H3/t11-,12-/m0/s1. The topological polar surface area (TPSA) is 76.0 Å². The van der Waals surface area contributed by atoms with E-state index in [1.165, 1.54) is 0 Å². The van der Waals surface area contributed by atoms with Gasteiger partial charge in [0.25, 0.3) is 0 Å². The number of carbonyl (C=O) groups excluding carboxylic acids is 1. The predicted molar refractivity (Wildman–Crippen MR) is 68.4 cm³/mol. The van der Waals surface area contributed by atoms with E-state index in [4.69, 9.17) is 14.6 Å². The van der Waals surface area contributed by atoms with E-state index in [9.17, 15) is 9.90 Å². The van der Waals surface area contributed by atoms with Gasteiger partial charge >= 0.3 is 6.16 Å². The molecule has 18 heavy (non-hydrogen) atoms. The fraction of sp³-hybridized carbons (Fsp3) is 0.923. The van der Waals surface area contributed by atoms with Gasteiger partial charge in [-0.05, 0) is 19.3 Å². The van der Waals surface area contributed by atoms with Crippen LogP contribution in [-0.2, 0) is 9.47 Å². The second kappa shape index (κ2) is 11.3. The number of rotatable bonds is 10. The Balaban J connectivity index is 3.73. The number of aliphatic hydroxyl groups excluding tert-OH is 2. The summed E-state index contributed by atoms with van der Waals surface area (Å²) >= 11 is 0. The molecule has 5 heteroatoms. The van der Waals surface area contributed by atoms with Crippen LogP contribution in [0.5, 0.6) is 0 Å². The molecule has 108 valence electrons. The number of unbranched alkanes of at least 4 members (excludes halogenated alkanes) is 2. The van der Waals surface area contributed by atoms with Crippen LogP contribution >= 0.6 is 0 Å². The molecule has 0 rings (SSSR count). The summed E-state index contributed by atoms with van der Waals surface area (Å²) in [4.78, 5) is 11.3. The average Bonchev–Trinajstić information content (AvgIpc) is 2.38. The van der Waals surface area contributed by atoms with E-state index in [1.54, 1.807) is 0 Å². The zero-order valence-corrected chi connectivity index (χ0v) is 11.4. The third kappa shape index (κ3) is 9.24. The van der Waals surface area contributed by atoms with Crippen molar-refractivity contribution in [3.05, 3.63) is 0 Å². The van der Waals surface area contributed by atoms with E-state index in [0.29, 0.717) is 12.8 Å². The summed E-state index contributed by atoms with van der Waals surface area (Å²) in [5, 5.41) is 18.5. The average molecular weight is 262 g/mol. The van der Waals surface area contributed by atoms with Crippen molar-refractivity contribution in [1.82, 2.24) is 0 Å². The molecule has 0 aromatic heterocycles. The molecule has 0 aliphatic carbocycles. The Morgan fingerprint density at radius 2 is 1.78 bits per heavy atom. The molecule has 0 amide bonds. The summed E-state index contributed by atoms with van der Waals surface area (Å²) in [7, 11) is 0. The number of carbonyl (C=O) groups is 1. The minimum Gasteiger partial charge on any atom is -0.432 e. The smallest absolute Gasteiger partial charge is 0.432 e. The summed E-state index contributed by atoms with van der Waals surface area (Å²) in [5.74, 6) is 0. The van der Waals surface area contributed by atoms with Crippen LogP contribution in [0.4, 0.5) is 4.79 Å². The van der Waals surface area contributed by atoms with E-state index in [-0.39, 0.29) is 13.2 Å². The molecule has 0 unspecified atom stereocenters. The van der Waals surface area contributed by atoms with Gasteiger partial charge in [-0.15, -0.1) is 0 Å². The molecule has 0 aromatic carbocycles. The van der Waals surface area contributed by atoms with E-state index >= 15 is 0 Å². The second-order valence-electron chi connectivity index (χ2n) is 4.42. The molecule has 0 heterocycles. The largest absolute Gasteiger partial charge is 0.508 e. The number of ether oxygens (including phenoxy) is 2. The Kier molecular flexibility index (Phi) is 10.8. The summed E-state index contributed by atoms with van der Waals surface area (Å²) in [5.41, 5.74) is 0. The molecule has 0 aromatic rings. The lowest BCUT2D eigenvalue weighted by Gasteiger charge is -2.16.